The molecule has 1 fully saturated rings. The number of phosphoric ester groups is 1. The van der Waals surface area contributed by atoms with E-state index < -0.39 is 59.1 Å². The van der Waals surface area contributed by atoms with E-state index in [4.69, 9.17) is 20.3 Å². The number of phosphoric acid groups is 2. The molecule has 2 aromatic rings. The van der Waals surface area contributed by atoms with Gasteiger partial charge in [-0.2, -0.15) is 9.29 Å². The second kappa shape index (κ2) is 8.90. The molecule has 22 heteroatoms. The first kappa shape index (κ1) is 25.5. The molecule has 1 aliphatic heterocycles. The fourth-order valence-corrected chi connectivity index (χ4v) is 6.49. The number of imidazole rings is 1. The van der Waals surface area contributed by atoms with Crippen LogP contribution in [0.4, 0.5) is 5.95 Å². The summed E-state index contributed by atoms with van der Waals surface area (Å²) in [5.74, 6) is -0.262. The summed E-state index contributed by atoms with van der Waals surface area (Å²) in [6.07, 6.45) is -5.18. The van der Waals surface area contributed by atoms with Crippen molar-refractivity contribution in [2.45, 2.75) is 24.5 Å². The highest BCUT2D eigenvalue weighted by molar-refractivity contribution is 8.08. The molecule has 6 atom stereocenters. The minimum absolute atomic E-state index is 0.0951. The van der Waals surface area contributed by atoms with E-state index in [1.807, 2.05) is 0 Å². The lowest BCUT2D eigenvalue weighted by Crippen LogP contribution is -2.33. The molecule has 180 valence electrons. The minimum Gasteiger partial charge on any atom is -0.387 e. The van der Waals surface area contributed by atoms with E-state index in [9.17, 15) is 33.9 Å². The van der Waals surface area contributed by atoms with Crippen LogP contribution in [0.25, 0.3) is 11.2 Å². The minimum atomic E-state index is -5.52. The van der Waals surface area contributed by atoms with Gasteiger partial charge in [-0.05, 0) is 11.8 Å². The van der Waals surface area contributed by atoms with Crippen molar-refractivity contribution in [2.75, 3.05) is 12.3 Å². The van der Waals surface area contributed by atoms with Gasteiger partial charge in [0.05, 0.1) is 12.9 Å². The predicted molar refractivity (Wildman–Crippen MR) is 105 cm³/mol. The van der Waals surface area contributed by atoms with Crippen LogP contribution in [0.2, 0.25) is 0 Å². The summed E-state index contributed by atoms with van der Waals surface area (Å²) >= 11 is 3.96. The van der Waals surface area contributed by atoms with E-state index in [-0.39, 0.29) is 17.1 Å². The van der Waals surface area contributed by atoms with E-state index in [2.05, 4.69) is 39.9 Å². The Bertz CT molecular complexity index is 1210. The van der Waals surface area contributed by atoms with Gasteiger partial charge in [0, 0.05) is 0 Å². The Morgan fingerprint density at radius 1 is 1.19 bits per heavy atom. The number of fused-ring (bicyclic) bond motifs is 1. The number of nitrogen functional groups attached to an aromatic ring is 1. The molecule has 2 aromatic heterocycles. The molecule has 32 heavy (non-hydrogen) atoms. The first-order valence-electron chi connectivity index (χ1n) is 8.11. The van der Waals surface area contributed by atoms with Crippen LogP contribution >= 0.6 is 22.4 Å². The molecular formula is C10H16N5O13P3S. The van der Waals surface area contributed by atoms with Crippen LogP contribution in [-0.4, -0.2) is 74.2 Å². The Morgan fingerprint density at radius 3 is 2.47 bits per heavy atom. The number of hydrogen-bond donors (Lipinski definition) is 8. The van der Waals surface area contributed by atoms with Crippen molar-refractivity contribution in [2.24, 2.45) is 0 Å². The zero-order valence-electron chi connectivity index (χ0n) is 15.3. The smallest absolute Gasteiger partial charge is 0.387 e. The molecular weight excluding hydrogens is 523 g/mol. The molecule has 0 amide bonds. The Kier molecular flexibility index (Phi) is 7.09. The van der Waals surface area contributed by atoms with E-state index in [0.717, 1.165) is 10.9 Å². The molecule has 0 aromatic carbocycles. The molecule has 9 N–H and O–H groups in total. The lowest BCUT2D eigenvalue weighted by atomic mass is 10.1. The molecule has 1 saturated heterocycles. The van der Waals surface area contributed by atoms with Gasteiger partial charge in [0.2, 0.25) is 5.95 Å². The largest absolute Gasteiger partial charge is 0.488 e. The molecule has 18 nitrogen and oxygen atoms in total. The van der Waals surface area contributed by atoms with E-state index in [0.29, 0.717) is 0 Å². The molecule has 0 saturated carbocycles. The molecule has 0 aliphatic carbocycles. The van der Waals surface area contributed by atoms with Crippen LogP contribution < -0.4 is 11.3 Å². The third-order valence-electron chi connectivity index (χ3n) is 3.88. The average Bonchev–Trinajstić information content (AvgIpc) is 3.12. The molecule has 2 unspecified atom stereocenters. The monoisotopic (exact) mass is 539 g/mol. The van der Waals surface area contributed by atoms with Crippen molar-refractivity contribution in [1.29, 1.82) is 0 Å². The van der Waals surface area contributed by atoms with Crippen molar-refractivity contribution in [3.63, 3.8) is 0 Å². The summed E-state index contributed by atoms with van der Waals surface area (Å²) in [6.45, 7) is -5.69. The number of aromatic nitrogens is 4. The lowest BCUT2D eigenvalue weighted by Gasteiger charge is -2.19. The number of aromatic amines is 1. The van der Waals surface area contributed by atoms with Crippen molar-refractivity contribution in [3.05, 3.63) is 16.7 Å². The van der Waals surface area contributed by atoms with Gasteiger partial charge >= 0.3 is 22.4 Å². The van der Waals surface area contributed by atoms with Crippen molar-refractivity contribution >= 4 is 51.3 Å². The Labute approximate surface area is 181 Å². The van der Waals surface area contributed by atoms with Gasteiger partial charge in [-0.1, -0.05) is 0 Å². The van der Waals surface area contributed by atoms with Crippen LogP contribution in [0.5, 0.6) is 0 Å². The highest BCUT2D eigenvalue weighted by Crippen LogP contribution is 2.66. The Balaban J connectivity index is 1.72. The summed E-state index contributed by atoms with van der Waals surface area (Å²) in [5.41, 5.74) is 4.56. The summed E-state index contributed by atoms with van der Waals surface area (Å²) in [5, 5.41) is 20.5. The van der Waals surface area contributed by atoms with Gasteiger partial charge in [-0.3, -0.25) is 18.9 Å². The van der Waals surface area contributed by atoms with Gasteiger partial charge in [0.15, 0.2) is 17.4 Å². The molecule has 3 rings (SSSR count). The van der Waals surface area contributed by atoms with Crippen LogP contribution in [0.3, 0.4) is 0 Å². The lowest BCUT2D eigenvalue weighted by molar-refractivity contribution is -0.0503. The van der Waals surface area contributed by atoms with Gasteiger partial charge in [-0.15, -0.1) is 0 Å². The maximum atomic E-state index is 11.9. The van der Waals surface area contributed by atoms with E-state index in [1.165, 1.54) is 0 Å². The van der Waals surface area contributed by atoms with Crippen LogP contribution in [-0.2, 0) is 38.8 Å². The third-order valence-corrected chi connectivity index (χ3v) is 8.28. The van der Waals surface area contributed by atoms with Crippen molar-refractivity contribution in [1.82, 2.24) is 19.5 Å². The number of anilines is 1. The second-order valence-electron chi connectivity index (χ2n) is 6.21. The number of hydrogen-bond acceptors (Lipinski definition) is 13. The van der Waals surface area contributed by atoms with Crippen LogP contribution in [0, 0.1) is 0 Å². The van der Waals surface area contributed by atoms with E-state index >= 15 is 0 Å². The summed E-state index contributed by atoms with van der Waals surface area (Å²) in [6, 6.07) is 0. The second-order valence-corrected chi connectivity index (χ2v) is 12.1. The van der Waals surface area contributed by atoms with Crippen LogP contribution in [0.15, 0.2) is 11.1 Å². The zero-order valence-corrected chi connectivity index (χ0v) is 18.8. The van der Waals surface area contributed by atoms with E-state index in [1.54, 1.807) is 0 Å². The van der Waals surface area contributed by atoms with Crippen LogP contribution in [0.1, 0.15) is 6.23 Å². The number of aliphatic hydroxyl groups excluding tert-OH is 2. The number of nitrogens with two attached hydrogens (primary N) is 1. The molecule has 1 aliphatic rings. The maximum Gasteiger partial charge on any atom is 0.488 e. The predicted octanol–water partition coefficient (Wildman–Crippen LogP) is -2.22. The fraction of sp³-hybridized carbons (Fsp3) is 0.500. The number of H-pyrrole nitrogens is 1. The Hall–Kier alpha value is -1.14. The normalized spacial score (nSPS) is 27.9. The molecule has 3 heterocycles. The topological polar surface area (TPSA) is 282 Å². The number of rotatable bonds is 8. The standard InChI is InChI=1S/C10H16N5O13P3S/c11-10-13-7-4(8(18)14-10)12-2-15(7)9-6(17)5(16)3(26-9)1-25-29(19,20)27-30(21,22)28-31(23,24)32/h2-3,5-6,9,16-17H,1H2,(H,19,20)(H,21,22)(H2,23,24,32)(H3,11,13,14,18)/t3-,5-,6+,9-/m1/s1. The summed E-state index contributed by atoms with van der Waals surface area (Å²) < 4.78 is 41.9. The quantitative estimate of drug-likeness (QED) is 0.165. The maximum absolute atomic E-state index is 11.9. The number of aliphatic hydroxyl groups is 2. The SMILES string of the molecule is Nc1nc2c(ncn2[C@@H]2O[C@H](COP(=O)(O)OP(=O)(O)OP(O)(O)=S)[C@@H](O)[C@@H]2O)c(=O)[nH]1. The average molecular weight is 539 g/mol. The molecule has 0 spiro atoms. The third kappa shape index (κ3) is 5.85. The van der Waals surface area contributed by atoms with Gasteiger partial charge in [0.25, 0.3) is 5.56 Å². The molecule has 0 bridgehead atoms. The fourth-order valence-electron chi connectivity index (χ4n) is 2.70. The van der Waals surface area contributed by atoms with Crippen molar-refractivity contribution in [3.8, 4) is 0 Å². The van der Waals surface area contributed by atoms with Crippen molar-refractivity contribution < 1.29 is 56.8 Å². The van der Waals surface area contributed by atoms with Gasteiger partial charge in [-0.25, -0.2) is 18.4 Å². The first-order chi connectivity index (χ1) is 14.6. The highest BCUT2D eigenvalue weighted by Gasteiger charge is 2.46. The highest BCUT2D eigenvalue weighted by atomic mass is 32.5. The molecule has 0 radical (unpaired) electrons. The zero-order chi connectivity index (χ0) is 24.1. The summed E-state index contributed by atoms with van der Waals surface area (Å²) in [4.78, 5) is 58.3. The summed E-state index contributed by atoms with van der Waals surface area (Å²) in [7, 11) is -10.9. The number of nitrogens with zero attached hydrogens (tertiary/aromatic N) is 3. The first-order valence-corrected chi connectivity index (χ1v) is 13.7. The van der Waals surface area contributed by atoms with Gasteiger partial charge in [0.1, 0.15) is 18.3 Å². The number of ether oxygens (including phenoxy) is 1. The number of nitrogens with one attached hydrogen (secondary N) is 1. The van der Waals surface area contributed by atoms with Gasteiger partial charge < -0.3 is 40.3 Å². The Morgan fingerprint density at radius 2 is 1.84 bits per heavy atom.